The van der Waals surface area contributed by atoms with Crippen LogP contribution in [0.5, 0.6) is 11.5 Å². The van der Waals surface area contributed by atoms with E-state index >= 15 is 0 Å². The van der Waals surface area contributed by atoms with Crippen LogP contribution < -0.4 is 4.74 Å². The Morgan fingerprint density at radius 2 is 1.86 bits per heavy atom. The van der Waals surface area contributed by atoms with Crippen molar-refractivity contribution in [1.82, 2.24) is 9.80 Å². The summed E-state index contributed by atoms with van der Waals surface area (Å²) in [5, 5.41) is 10.1. The summed E-state index contributed by atoms with van der Waals surface area (Å²) in [7, 11) is 4.08. The number of likely N-dealkylation sites (N-methyl/N-ethyl adjacent to an activating group) is 1. The van der Waals surface area contributed by atoms with E-state index in [1.165, 1.54) is 5.57 Å². The minimum absolute atomic E-state index is 0.0199. The molecule has 0 saturated carbocycles. The molecule has 1 amide bonds. The molecule has 29 heavy (non-hydrogen) atoms. The maximum Gasteiger partial charge on any atom is 0.253 e. The molecule has 1 heterocycles. The fourth-order valence-corrected chi connectivity index (χ4v) is 3.84. The lowest BCUT2D eigenvalue weighted by atomic mass is 9.90. The second-order valence-electron chi connectivity index (χ2n) is 7.55. The predicted molar refractivity (Wildman–Crippen MR) is 116 cm³/mol. The average molecular weight is 395 g/mol. The van der Waals surface area contributed by atoms with Crippen molar-refractivity contribution in [3.05, 3.63) is 64.7 Å². The van der Waals surface area contributed by atoms with Crippen molar-refractivity contribution in [3.8, 4) is 11.5 Å². The summed E-state index contributed by atoms with van der Waals surface area (Å²) in [5.74, 6) is 1.01. The molecule has 154 valence electrons. The van der Waals surface area contributed by atoms with Gasteiger partial charge in [0.1, 0.15) is 11.5 Å². The lowest BCUT2D eigenvalue weighted by Crippen LogP contribution is -2.30. The number of phenols is 1. The van der Waals surface area contributed by atoms with Gasteiger partial charge >= 0.3 is 0 Å². The Hall–Kier alpha value is -2.79. The Bertz CT molecular complexity index is 914. The van der Waals surface area contributed by atoms with Crippen LogP contribution in [0.2, 0.25) is 0 Å². The third kappa shape index (κ3) is 4.62. The smallest absolute Gasteiger partial charge is 0.253 e. The minimum atomic E-state index is 0.0199. The third-order valence-corrected chi connectivity index (χ3v) is 5.20. The van der Waals surface area contributed by atoms with Crippen LogP contribution in [0.25, 0.3) is 5.57 Å². The fraction of sp³-hybridized carbons (Fsp3) is 0.375. The summed E-state index contributed by atoms with van der Waals surface area (Å²) in [4.78, 5) is 16.9. The Balaban J connectivity index is 2.20. The Morgan fingerprint density at radius 1 is 1.10 bits per heavy atom. The minimum Gasteiger partial charge on any atom is -0.508 e. The molecule has 0 aromatic heterocycles. The first-order valence-corrected chi connectivity index (χ1v) is 10.2. The lowest BCUT2D eigenvalue weighted by Gasteiger charge is -2.21. The predicted octanol–water partition coefficient (Wildman–Crippen LogP) is 4.02. The zero-order valence-corrected chi connectivity index (χ0v) is 17.7. The van der Waals surface area contributed by atoms with Crippen LogP contribution in [0.4, 0.5) is 0 Å². The largest absolute Gasteiger partial charge is 0.508 e. The third-order valence-electron chi connectivity index (χ3n) is 5.20. The van der Waals surface area contributed by atoms with E-state index in [-0.39, 0.29) is 11.7 Å². The topological polar surface area (TPSA) is 53.0 Å². The molecule has 5 nitrogen and oxygen atoms in total. The summed E-state index contributed by atoms with van der Waals surface area (Å²) < 4.78 is 6.04. The van der Waals surface area contributed by atoms with Crippen LogP contribution in [0.1, 0.15) is 41.8 Å². The van der Waals surface area contributed by atoms with Crippen molar-refractivity contribution in [1.29, 1.82) is 0 Å². The summed E-state index contributed by atoms with van der Waals surface area (Å²) in [5.41, 5.74) is 4.76. The van der Waals surface area contributed by atoms with Gasteiger partial charge in [-0.15, -0.1) is 0 Å². The SMILES string of the molecule is CCN(CC)C(=O)c1ccc2c(c1)C(c1cccc(O)c1)=C(CN(C)C)CCO2. The molecule has 5 heteroatoms. The van der Waals surface area contributed by atoms with Crippen LogP contribution in [0.3, 0.4) is 0 Å². The van der Waals surface area contributed by atoms with Gasteiger partial charge in [-0.25, -0.2) is 0 Å². The van der Waals surface area contributed by atoms with Crippen molar-refractivity contribution in [2.24, 2.45) is 0 Å². The maximum atomic E-state index is 13.0. The highest BCUT2D eigenvalue weighted by atomic mass is 16.5. The van der Waals surface area contributed by atoms with Gasteiger partial charge in [-0.3, -0.25) is 4.79 Å². The van der Waals surface area contributed by atoms with Gasteiger partial charge in [-0.1, -0.05) is 12.1 Å². The number of carbonyl (C=O) groups excluding carboxylic acids is 1. The van der Waals surface area contributed by atoms with Crippen LogP contribution in [0.15, 0.2) is 48.0 Å². The van der Waals surface area contributed by atoms with Gasteiger partial charge in [-0.2, -0.15) is 0 Å². The number of hydrogen-bond donors (Lipinski definition) is 1. The molecular weight excluding hydrogens is 364 g/mol. The van der Waals surface area contributed by atoms with E-state index in [0.29, 0.717) is 25.3 Å². The summed E-state index contributed by atoms with van der Waals surface area (Å²) in [6, 6.07) is 13.0. The molecule has 0 atom stereocenters. The average Bonchev–Trinajstić information content (AvgIpc) is 2.86. The van der Waals surface area contributed by atoms with E-state index in [1.54, 1.807) is 12.1 Å². The Kier molecular flexibility index (Phi) is 6.60. The van der Waals surface area contributed by atoms with Crippen molar-refractivity contribution in [2.75, 3.05) is 40.3 Å². The Morgan fingerprint density at radius 3 is 2.52 bits per heavy atom. The lowest BCUT2D eigenvalue weighted by molar-refractivity contribution is 0.0773. The van der Waals surface area contributed by atoms with Gasteiger partial charge in [0.15, 0.2) is 0 Å². The summed E-state index contributed by atoms with van der Waals surface area (Å²) in [6.07, 6.45) is 0.789. The molecule has 0 unspecified atom stereocenters. The normalized spacial score (nSPS) is 13.7. The van der Waals surface area contributed by atoms with Crippen molar-refractivity contribution in [3.63, 3.8) is 0 Å². The van der Waals surface area contributed by atoms with Gasteiger partial charge in [0.25, 0.3) is 5.91 Å². The molecule has 1 aliphatic heterocycles. The van der Waals surface area contributed by atoms with E-state index < -0.39 is 0 Å². The highest BCUT2D eigenvalue weighted by Crippen LogP contribution is 2.38. The molecule has 0 spiro atoms. The van der Waals surface area contributed by atoms with E-state index in [2.05, 4.69) is 4.90 Å². The molecule has 3 rings (SSSR count). The van der Waals surface area contributed by atoms with Gasteiger partial charge < -0.3 is 19.6 Å². The van der Waals surface area contributed by atoms with Crippen LogP contribution in [-0.4, -0.2) is 61.2 Å². The highest BCUT2D eigenvalue weighted by Gasteiger charge is 2.23. The first kappa shape index (κ1) is 20.9. The van der Waals surface area contributed by atoms with E-state index in [4.69, 9.17) is 4.74 Å². The molecule has 0 aliphatic carbocycles. The van der Waals surface area contributed by atoms with Crippen molar-refractivity contribution < 1.29 is 14.6 Å². The second-order valence-corrected chi connectivity index (χ2v) is 7.55. The number of ether oxygens (including phenoxy) is 1. The van der Waals surface area contributed by atoms with E-state index in [0.717, 1.165) is 35.4 Å². The number of carbonyl (C=O) groups is 1. The molecule has 2 aromatic carbocycles. The monoisotopic (exact) mass is 394 g/mol. The number of amides is 1. The number of fused-ring (bicyclic) bond motifs is 1. The molecule has 0 radical (unpaired) electrons. The number of aromatic hydroxyl groups is 1. The molecule has 0 fully saturated rings. The first-order valence-electron chi connectivity index (χ1n) is 10.2. The molecule has 2 aromatic rings. The molecule has 1 aliphatic rings. The van der Waals surface area contributed by atoms with Crippen LogP contribution in [-0.2, 0) is 0 Å². The van der Waals surface area contributed by atoms with Crippen LogP contribution in [0, 0.1) is 0 Å². The zero-order chi connectivity index (χ0) is 21.0. The molecule has 0 saturated heterocycles. The van der Waals surface area contributed by atoms with Gasteiger partial charge in [0.05, 0.1) is 6.61 Å². The summed E-state index contributed by atoms with van der Waals surface area (Å²) in [6.45, 7) is 6.68. The number of benzene rings is 2. The standard InChI is InChI=1S/C24H30N2O3/c1-5-26(6-2)24(28)18-10-11-22-21(15-18)23(17-8-7-9-20(27)14-17)19(12-13-29-22)16-25(3)4/h7-11,14-15,27H,5-6,12-13,16H2,1-4H3. The number of nitrogens with zero attached hydrogens (tertiary/aromatic N) is 2. The number of hydrogen-bond acceptors (Lipinski definition) is 4. The van der Waals surface area contributed by atoms with Gasteiger partial charge in [0, 0.05) is 37.2 Å². The van der Waals surface area contributed by atoms with Crippen LogP contribution >= 0.6 is 0 Å². The number of phenolic OH excluding ortho intramolecular Hbond substituents is 1. The molecule has 0 bridgehead atoms. The fourth-order valence-electron chi connectivity index (χ4n) is 3.84. The van der Waals surface area contributed by atoms with Gasteiger partial charge in [0.2, 0.25) is 0 Å². The number of rotatable bonds is 6. The second kappa shape index (κ2) is 9.14. The Labute approximate surface area is 173 Å². The first-order chi connectivity index (χ1) is 13.9. The molecule has 1 N–H and O–H groups in total. The quantitative estimate of drug-likeness (QED) is 0.804. The van der Waals surface area contributed by atoms with E-state index in [9.17, 15) is 9.90 Å². The maximum absolute atomic E-state index is 13.0. The zero-order valence-electron chi connectivity index (χ0n) is 17.7. The molecular formula is C24H30N2O3. The van der Waals surface area contributed by atoms with E-state index in [1.807, 2.05) is 63.2 Å². The van der Waals surface area contributed by atoms with Crippen molar-refractivity contribution >= 4 is 11.5 Å². The van der Waals surface area contributed by atoms with Crippen molar-refractivity contribution in [2.45, 2.75) is 20.3 Å². The summed E-state index contributed by atoms with van der Waals surface area (Å²) >= 11 is 0. The van der Waals surface area contributed by atoms with Gasteiger partial charge in [-0.05, 0) is 75.0 Å². The highest BCUT2D eigenvalue weighted by molar-refractivity contribution is 5.97.